The lowest BCUT2D eigenvalue weighted by Crippen LogP contribution is -2.25. The first-order chi connectivity index (χ1) is 12.3. The van der Waals surface area contributed by atoms with Crippen molar-refractivity contribution in [1.82, 2.24) is 5.32 Å². The number of alkyl halides is 3. The zero-order valence-electron chi connectivity index (χ0n) is 13.2. The second kappa shape index (κ2) is 8.34. The number of carbonyl (C=O) groups is 1. The van der Waals surface area contributed by atoms with Crippen molar-refractivity contribution in [3.8, 4) is 17.6 Å². The molecular formula is C18H12F5NO2. The van der Waals surface area contributed by atoms with Crippen molar-refractivity contribution in [2.45, 2.75) is 6.18 Å². The first-order valence-electron chi connectivity index (χ1n) is 7.27. The topological polar surface area (TPSA) is 38.3 Å². The van der Waals surface area contributed by atoms with E-state index in [2.05, 4.69) is 17.2 Å². The van der Waals surface area contributed by atoms with Crippen molar-refractivity contribution in [1.29, 1.82) is 0 Å². The highest BCUT2D eigenvalue weighted by molar-refractivity contribution is 5.94. The molecule has 3 nitrogen and oxygen atoms in total. The third kappa shape index (κ3) is 5.21. The monoisotopic (exact) mass is 369 g/mol. The van der Waals surface area contributed by atoms with Gasteiger partial charge in [0.25, 0.3) is 5.91 Å². The number of benzene rings is 2. The maximum Gasteiger partial charge on any atom is 0.416 e. The lowest BCUT2D eigenvalue weighted by Gasteiger charge is -2.08. The summed E-state index contributed by atoms with van der Waals surface area (Å²) in [6, 6.07) is 7.33. The number of hydrogen-bond donors (Lipinski definition) is 1. The van der Waals surface area contributed by atoms with E-state index in [-0.39, 0.29) is 18.9 Å². The molecule has 136 valence electrons. The minimum Gasteiger partial charge on any atom is -0.481 e. The predicted octanol–water partition coefficient (Wildman–Crippen LogP) is 3.80. The van der Waals surface area contributed by atoms with Gasteiger partial charge in [0.1, 0.15) is 29.6 Å². The summed E-state index contributed by atoms with van der Waals surface area (Å²) in [6.45, 7) is -0.427. The summed E-state index contributed by atoms with van der Waals surface area (Å²) in [7, 11) is 0. The predicted molar refractivity (Wildman–Crippen MR) is 83.4 cm³/mol. The van der Waals surface area contributed by atoms with E-state index in [9.17, 15) is 26.7 Å². The van der Waals surface area contributed by atoms with Crippen LogP contribution in [0.2, 0.25) is 0 Å². The highest BCUT2D eigenvalue weighted by Gasteiger charge is 2.30. The summed E-state index contributed by atoms with van der Waals surface area (Å²) in [6.07, 6.45) is -4.47. The average Bonchev–Trinajstić information content (AvgIpc) is 2.57. The Kier molecular flexibility index (Phi) is 6.17. The van der Waals surface area contributed by atoms with Crippen molar-refractivity contribution >= 4 is 5.91 Å². The largest absolute Gasteiger partial charge is 0.481 e. The van der Waals surface area contributed by atoms with Gasteiger partial charge < -0.3 is 10.1 Å². The van der Waals surface area contributed by atoms with Crippen molar-refractivity contribution in [2.75, 3.05) is 13.2 Å². The van der Waals surface area contributed by atoms with Crippen LogP contribution in [0, 0.1) is 23.5 Å². The molecular weight excluding hydrogens is 357 g/mol. The summed E-state index contributed by atoms with van der Waals surface area (Å²) in [5, 5.41) is 2.21. The zero-order chi connectivity index (χ0) is 19.2. The molecule has 0 aliphatic heterocycles. The second-order valence-electron chi connectivity index (χ2n) is 4.95. The molecule has 0 aliphatic carbocycles. The molecule has 1 amide bonds. The molecule has 2 rings (SSSR count). The summed E-state index contributed by atoms with van der Waals surface area (Å²) >= 11 is 0. The molecule has 0 bridgehead atoms. The highest BCUT2D eigenvalue weighted by atomic mass is 19.4. The highest BCUT2D eigenvalue weighted by Crippen LogP contribution is 2.31. The van der Waals surface area contributed by atoms with E-state index in [1.807, 2.05) is 0 Å². The van der Waals surface area contributed by atoms with E-state index in [1.165, 1.54) is 12.1 Å². The molecule has 0 aliphatic rings. The summed E-state index contributed by atoms with van der Waals surface area (Å²) < 4.78 is 69.5. The third-order valence-electron chi connectivity index (χ3n) is 3.12. The van der Waals surface area contributed by atoms with Crippen LogP contribution in [0.3, 0.4) is 0 Å². The molecule has 0 unspecified atom stereocenters. The van der Waals surface area contributed by atoms with E-state index >= 15 is 0 Å². The summed E-state index contributed by atoms with van der Waals surface area (Å²) in [5.41, 5.74) is -1.56. The molecule has 0 atom stereocenters. The lowest BCUT2D eigenvalue weighted by atomic mass is 10.2. The number of amides is 1. The molecule has 0 spiro atoms. The van der Waals surface area contributed by atoms with Gasteiger partial charge in [0.2, 0.25) is 0 Å². The molecule has 26 heavy (non-hydrogen) atoms. The fourth-order valence-corrected chi connectivity index (χ4v) is 1.92. The fraction of sp³-hybridized carbons (Fsp3) is 0.167. The van der Waals surface area contributed by atoms with Gasteiger partial charge in [-0.3, -0.25) is 4.79 Å². The van der Waals surface area contributed by atoms with Gasteiger partial charge in [-0.1, -0.05) is 24.0 Å². The first-order valence-corrected chi connectivity index (χ1v) is 7.27. The van der Waals surface area contributed by atoms with Crippen LogP contribution in [0.4, 0.5) is 22.0 Å². The van der Waals surface area contributed by atoms with Crippen LogP contribution in [0.25, 0.3) is 0 Å². The van der Waals surface area contributed by atoms with Gasteiger partial charge in [-0.15, -0.1) is 0 Å². The van der Waals surface area contributed by atoms with E-state index in [1.54, 1.807) is 0 Å². The number of hydrogen-bond acceptors (Lipinski definition) is 2. The minimum atomic E-state index is -4.47. The van der Waals surface area contributed by atoms with Crippen LogP contribution >= 0.6 is 0 Å². The Balaban J connectivity index is 1.84. The normalized spacial score (nSPS) is 10.7. The molecule has 1 N–H and O–H groups in total. The van der Waals surface area contributed by atoms with Crippen LogP contribution in [0.5, 0.6) is 5.75 Å². The standard InChI is InChI=1S/C18H12F5NO2/c19-14-7-4-8-15(20)16(14)17(25)24-9-1-2-10-26-13-6-3-5-12(11-13)18(21,22)23/h3-8,11H,9-10H2,(H,24,25). The molecule has 0 heterocycles. The van der Waals surface area contributed by atoms with Gasteiger partial charge in [-0.25, -0.2) is 8.78 Å². The van der Waals surface area contributed by atoms with Crippen molar-refractivity contribution < 1.29 is 31.5 Å². The van der Waals surface area contributed by atoms with Crippen LogP contribution < -0.4 is 10.1 Å². The Labute approximate surface area is 145 Å². The van der Waals surface area contributed by atoms with Crippen molar-refractivity contribution in [3.63, 3.8) is 0 Å². The Morgan fingerprint density at radius 1 is 1.04 bits per heavy atom. The molecule has 2 aromatic carbocycles. The molecule has 0 radical (unpaired) electrons. The van der Waals surface area contributed by atoms with Crippen LogP contribution in [-0.2, 0) is 6.18 Å². The number of rotatable bonds is 4. The van der Waals surface area contributed by atoms with E-state index in [0.717, 1.165) is 30.3 Å². The Bertz CT molecular complexity index is 832. The van der Waals surface area contributed by atoms with Gasteiger partial charge in [-0.05, 0) is 30.3 Å². The zero-order valence-corrected chi connectivity index (χ0v) is 13.2. The lowest BCUT2D eigenvalue weighted by molar-refractivity contribution is -0.137. The van der Waals surface area contributed by atoms with Gasteiger partial charge in [0.05, 0.1) is 12.1 Å². The first kappa shape index (κ1) is 19.2. The van der Waals surface area contributed by atoms with Gasteiger partial charge in [0.15, 0.2) is 0 Å². The molecule has 0 fully saturated rings. The van der Waals surface area contributed by atoms with Crippen LogP contribution in [-0.4, -0.2) is 19.1 Å². The van der Waals surface area contributed by atoms with Crippen molar-refractivity contribution in [3.05, 3.63) is 65.2 Å². The number of halogens is 5. The van der Waals surface area contributed by atoms with Crippen LogP contribution in [0.15, 0.2) is 42.5 Å². The minimum absolute atomic E-state index is 0.00779. The Hall–Kier alpha value is -3.08. The molecule has 0 aromatic heterocycles. The fourth-order valence-electron chi connectivity index (χ4n) is 1.92. The number of carbonyl (C=O) groups excluding carboxylic acids is 1. The third-order valence-corrected chi connectivity index (χ3v) is 3.12. The van der Waals surface area contributed by atoms with Crippen LogP contribution in [0.1, 0.15) is 15.9 Å². The Morgan fingerprint density at radius 3 is 2.35 bits per heavy atom. The number of nitrogens with one attached hydrogen (secondary N) is 1. The molecule has 2 aromatic rings. The molecule has 0 saturated carbocycles. The molecule has 0 saturated heterocycles. The maximum atomic E-state index is 13.4. The van der Waals surface area contributed by atoms with E-state index in [4.69, 9.17) is 4.74 Å². The quantitative estimate of drug-likeness (QED) is 0.658. The maximum absolute atomic E-state index is 13.4. The van der Waals surface area contributed by atoms with E-state index < -0.39 is 34.8 Å². The van der Waals surface area contributed by atoms with Gasteiger partial charge in [-0.2, -0.15) is 13.2 Å². The SMILES string of the molecule is O=C(NCC#CCOc1cccc(C(F)(F)F)c1)c1c(F)cccc1F. The summed E-state index contributed by atoms with van der Waals surface area (Å²) in [5.74, 6) is 1.97. The summed E-state index contributed by atoms with van der Waals surface area (Å²) in [4.78, 5) is 11.7. The smallest absolute Gasteiger partial charge is 0.416 e. The molecule has 8 heteroatoms. The van der Waals surface area contributed by atoms with E-state index in [0.29, 0.717) is 0 Å². The average molecular weight is 369 g/mol. The number of ether oxygens (including phenoxy) is 1. The van der Waals surface area contributed by atoms with Gasteiger partial charge in [0, 0.05) is 0 Å². The second-order valence-corrected chi connectivity index (χ2v) is 4.95. The Morgan fingerprint density at radius 2 is 1.69 bits per heavy atom. The van der Waals surface area contributed by atoms with Crippen molar-refractivity contribution in [2.24, 2.45) is 0 Å². The van der Waals surface area contributed by atoms with Gasteiger partial charge >= 0.3 is 6.18 Å².